The second-order valence-electron chi connectivity index (χ2n) is 8.26. The van der Waals surface area contributed by atoms with Gasteiger partial charge in [-0.3, -0.25) is 4.79 Å². The topological polar surface area (TPSA) is 69.7 Å². The molecule has 0 amide bonds. The molecule has 0 aromatic heterocycles. The van der Waals surface area contributed by atoms with Gasteiger partial charge in [0.15, 0.2) is 0 Å². The molecule has 0 aromatic carbocycles. The summed E-state index contributed by atoms with van der Waals surface area (Å²) in [7, 11) is 0. The molecule has 0 radical (unpaired) electrons. The van der Waals surface area contributed by atoms with Crippen LogP contribution < -0.4 is 0 Å². The number of ketones is 1. The molecule has 0 N–H and O–H groups in total. The number of esters is 2. The van der Waals surface area contributed by atoms with Crippen LogP contribution in [0, 0.1) is 22.7 Å². The van der Waals surface area contributed by atoms with Gasteiger partial charge < -0.3 is 9.47 Å². The first-order chi connectivity index (χ1) is 11.9. The first-order valence-corrected chi connectivity index (χ1v) is 9.13. The third-order valence-electron chi connectivity index (χ3n) is 7.15. The molecule has 1 spiro atoms. The summed E-state index contributed by atoms with van der Waals surface area (Å²) >= 11 is 0. The zero-order valence-corrected chi connectivity index (χ0v) is 14.8. The van der Waals surface area contributed by atoms with Crippen LogP contribution >= 0.6 is 0 Å². The Bertz CT molecular complexity index is 718. The Labute approximate surface area is 147 Å². The van der Waals surface area contributed by atoms with E-state index in [-0.39, 0.29) is 35.0 Å². The fourth-order valence-corrected chi connectivity index (χ4v) is 5.54. The molecule has 0 aromatic rings. The summed E-state index contributed by atoms with van der Waals surface area (Å²) in [6.45, 7) is 4.90. The molecule has 0 bridgehead atoms. The molecular formula is C20H24O5. The van der Waals surface area contributed by atoms with Gasteiger partial charge in [-0.25, -0.2) is 9.59 Å². The number of Topliss-reactive ketones (excluding diaryl/α,β-unsaturated/α-hetero) is 1. The lowest BCUT2D eigenvalue weighted by Crippen LogP contribution is -2.55. The quantitative estimate of drug-likeness (QED) is 0.736. The van der Waals surface area contributed by atoms with E-state index >= 15 is 0 Å². The van der Waals surface area contributed by atoms with E-state index in [0.717, 1.165) is 36.8 Å². The van der Waals surface area contributed by atoms with Crippen molar-refractivity contribution in [3.8, 4) is 0 Å². The highest BCUT2D eigenvalue weighted by Crippen LogP contribution is 2.63. The fourth-order valence-electron chi connectivity index (χ4n) is 5.54. The molecule has 0 unspecified atom stereocenters. The van der Waals surface area contributed by atoms with Crippen molar-refractivity contribution >= 4 is 17.7 Å². The van der Waals surface area contributed by atoms with Gasteiger partial charge in [-0.05, 0) is 42.6 Å². The Morgan fingerprint density at radius 2 is 2.04 bits per heavy atom. The van der Waals surface area contributed by atoms with Gasteiger partial charge in [-0.2, -0.15) is 0 Å². The number of carbonyl (C=O) groups excluding carboxylic acids is 3. The lowest BCUT2D eigenvalue weighted by molar-refractivity contribution is -0.145. The van der Waals surface area contributed by atoms with E-state index in [1.807, 2.05) is 13.0 Å². The molecule has 2 aliphatic heterocycles. The second kappa shape index (κ2) is 5.55. The normalized spacial score (nSPS) is 40.0. The van der Waals surface area contributed by atoms with Crippen molar-refractivity contribution in [3.63, 3.8) is 0 Å². The number of rotatable bonds is 3. The lowest BCUT2D eigenvalue weighted by Gasteiger charge is -2.55. The molecule has 1 saturated heterocycles. The van der Waals surface area contributed by atoms with Crippen LogP contribution in [0.2, 0.25) is 0 Å². The highest BCUT2D eigenvalue weighted by molar-refractivity contribution is 5.95. The third-order valence-corrected chi connectivity index (χ3v) is 7.15. The summed E-state index contributed by atoms with van der Waals surface area (Å²) < 4.78 is 10.4. The SMILES string of the molecule is C[C@@H]1C(=O)C[C@@]23COC(=O)C2=CCC[C@H]3[C@@]1(C)CCC1=CC(=O)OC1. The maximum Gasteiger partial charge on any atom is 0.334 e. The minimum atomic E-state index is -0.440. The van der Waals surface area contributed by atoms with Gasteiger partial charge in [-0.15, -0.1) is 0 Å². The number of hydrogen-bond donors (Lipinski definition) is 0. The standard InChI is InChI=1S/C20H24O5/c1-12-15(21)9-20-11-25-18(23)14(20)4-3-5-16(20)19(12,2)7-6-13-8-17(22)24-10-13/h4,8,12,16H,3,5-7,9-11H2,1-2H3/t12-,16+,19+,20-/m1/s1. The smallest absolute Gasteiger partial charge is 0.334 e. The molecule has 2 aliphatic carbocycles. The van der Waals surface area contributed by atoms with Crippen LogP contribution in [0.25, 0.3) is 0 Å². The number of hydrogen-bond acceptors (Lipinski definition) is 5. The Hall–Kier alpha value is -1.91. The summed E-state index contributed by atoms with van der Waals surface area (Å²) in [6.07, 6.45) is 7.37. The summed E-state index contributed by atoms with van der Waals surface area (Å²) in [5.41, 5.74) is 1.07. The van der Waals surface area contributed by atoms with Crippen molar-refractivity contribution in [3.05, 3.63) is 23.3 Å². The van der Waals surface area contributed by atoms with Crippen LogP contribution in [0.3, 0.4) is 0 Å². The summed E-state index contributed by atoms with van der Waals surface area (Å²) in [5, 5.41) is 0. The van der Waals surface area contributed by atoms with Gasteiger partial charge in [0, 0.05) is 29.4 Å². The van der Waals surface area contributed by atoms with E-state index in [1.54, 1.807) is 6.08 Å². The molecular weight excluding hydrogens is 320 g/mol. The molecule has 5 heteroatoms. The number of carbonyl (C=O) groups is 3. The van der Waals surface area contributed by atoms with Crippen LogP contribution in [0.4, 0.5) is 0 Å². The van der Waals surface area contributed by atoms with Crippen LogP contribution in [0.5, 0.6) is 0 Å². The van der Waals surface area contributed by atoms with Crippen molar-refractivity contribution in [2.75, 3.05) is 13.2 Å². The maximum absolute atomic E-state index is 12.9. The van der Waals surface area contributed by atoms with Gasteiger partial charge in [0.25, 0.3) is 0 Å². The minimum absolute atomic E-state index is 0.0585. The predicted octanol–water partition coefficient (Wildman–Crippen LogP) is 2.74. The van der Waals surface area contributed by atoms with Crippen LogP contribution in [0.15, 0.2) is 23.3 Å². The monoisotopic (exact) mass is 344 g/mol. The van der Waals surface area contributed by atoms with Crippen molar-refractivity contribution in [1.82, 2.24) is 0 Å². The third kappa shape index (κ3) is 2.31. The number of ether oxygens (including phenoxy) is 2. The van der Waals surface area contributed by atoms with Crippen LogP contribution in [0.1, 0.15) is 46.0 Å². The molecule has 5 nitrogen and oxygen atoms in total. The molecule has 1 saturated carbocycles. The van der Waals surface area contributed by atoms with E-state index in [9.17, 15) is 14.4 Å². The second-order valence-corrected chi connectivity index (χ2v) is 8.26. The molecule has 25 heavy (non-hydrogen) atoms. The summed E-state index contributed by atoms with van der Waals surface area (Å²) in [6, 6.07) is 0. The highest BCUT2D eigenvalue weighted by atomic mass is 16.5. The summed E-state index contributed by atoms with van der Waals surface area (Å²) in [5.74, 6) is -0.110. The molecule has 4 rings (SSSR count). The van der Waals surface area contributed by atoms with Gasteiger partial charge in [0.05, 0.1) is 0 Å². The molecule has 4 atom stereocenters. The Morgan fingerprint density at radius 3 is 2.76 bits per heavy atom. The Morgan fingerprint density at radius 1 is 1.24 bits per heavy atom. The first kappa shape index (κ1) is 16.6. The average molecular weight is 344 g/mol. The molecule has 2 fully saturated rings. The Kier molecular flexibility index (Phi) is 3.67. The minimum Gasteiger partial charge on any atom is -0.461 e. The molecule has 4 aliphatic rings. The first-order valence-electron chi connectivity index (χ1n) is 9.13. The van der Waals surface area contributed by atoms with Crippen LogP contribution in [-0.4, -0.2) is 30.9 Å². The van der Waals surface area contributed by atoms with Gasteiger partial charge in [-0.1, -0.05) is 19.9 Å². The lowest BCUT2D eigenvalue weighted by atomic mass is 9.46. The van der Waals surface area contributed by atoms with Crippen molar-refractivity contribution in [1.29, 1.82) is 0 Å². The van der Waals surface area contributed by atoms with Crippen molar-refractivity contribution in [2.45, 2.75) is 46.0 Å². The fraction of sp³-hybridized carbons (Fsp3) is 0.650. The van der Waals surface area contributed by atoms with Gasteiger partial charge >= 0.3 is 11.9 Å². The molecule has 2 heterocycles. The largest absolute Gasteiger partial charge is 0.461 e. The van der Waals surface area contributed by atoms with E-state index < -0.39 is 5.41 Å². The number of cyclic esters (lactones) is 2. The highest BCUT2D eigenvalue weighted by Gasteiger charge is 2.63. The zero-order chi connectivity index (χ0) is 17.8. The Balaban J connectivity index is 1.67. The molecule has 134 valence electrons. The van der Waals surface area contributed by atoms with Gasteiger partial charge in [0.1, 0.15) is 19.0 Å². The van der Waals surface area contributed by atoms with E-state index in [0.29, 0.717) is 19.6 Å². The van der Waals surface area contributed by atoms with Crippen molar-refractivity contribution in [2.24, 2.45) is 22.7 Å². The van der Waals surface area contributed by atoms with Crippen LogP contribution in [-0.2, 0) is 23.9 Å². The van der Waals surface area contributed by atoms with Crippen molar-refractivity contribution < 1.29 is 23.9 Å². The number of allylic oxidation sites excluding steroid dienone is 1. The van der Waals surface area contributed by atoms with E-state index in [4.69, 9.17) is 9.47 Å². The van der Waals surface area contributed by atoms with E-state index in [2.05, 4.69) is 6.92 Å². The van der Waals surface area contributed by atoms with Gasteiger partial charge in [0.2, 0.25) is 0 Å². The van der Waals surface area contributed by atoms with E-state index in [1.165, 1.54) is 0 Å². The summed E-state index contributed by atoms with van der Waals surface area (Å²) in [4.78, 5) is 36.4. The average Bonchev–Trinajstić information content (AvgIpc) is 3.15. The zero-order valence-electron chi connectivity index (χ0n) is 14.8. The maximum atomic E-state index is 12.9. The predicted molar refractivity (Wildman–Crippen MR) is 89.4 cm³/mol.